The molecule has 2 aromatic rings. The SMILES string of the molecule is CCCC1CN(C(=O)c2cc(Oc3cccc(Br)c3)ccn2)CCO1. The molecule has 0 radical (unpaired) electrons. The Labute approximate surface area is 156 Å². The van der Waals surface area contributed by atoms with E-state index in [-0.39, 0.29) is 12.0 Å². The van der Waals surface area contributed by atoms with E-state index in [4.69, 9.17) is 9.47 Å². The number of benzene rings is 1. The first-order valence-electron chi connectivity index (χ1n) is 8.46. The number of carbonyl (C=O) groups is 1. The van der Waals surface area contributed by atoms with Crippen LogP contribution in [0.2, 0.25) is 0 Å². The molecular formula is C19H21BrN2O3. The highest BCUT2D eigenvalue weighted by Gasteiger charge is 2.25. The Morgan fingerprint density at radius 1 is 1.36 bits per heavy atom. The minimum atomic E-state index is -0.0795. The summed E-state index contributed by atoms with van der Waals surface area (Å²) in [6, 6.07) is 11.0. The summed E-state index contributed by atoms with van der Waals surface area (Å²) in [5.41, 5.74) is 0.393. The first kappa shape index (κ1) is 17.9. The molecule has 0 aliphatic carbocycles. The van der Waals surface area contributed by atoms with Crippen LogP contribution in [-0.2, 0) is 4.74 Å². The molecule has 0 saturated carbocycles. The van der Waals surface area contributed by atoms with Gasteiger partial charge in [-0.15, -0.1) is 0 Å². The molecular weight excluding hydrogens is 384 g/mol. The normalized spacial score (nSPS) is 17.4. The van der Waals surface area contributed by atoms with Gasteiger partial charge in [-0.1, -0.05) is 35.3 Å². The van der Waals surface area contributed by atoms with Crippen molar-refractivity contribution in [3.63, 3.8) is 0 Å². The first-order valence-corrected chi connectivity index (χ1v) is 9.25. The second kappa shape index (κ2) is 8.45. The predicted octanol–water partition coefficient (Wildman–Crippen LogP) is 4.28. The molecule has 1 amide bonds. The average molecular weight is 405 g/mol. The van der Waals surface area contributed by atoms with Gasteiger partial charge in [0.15, 0.2) is 0 Å². The van der Waals surface area contributed by atoms with Crippen molar-refractivity contribution in [2.45, 2.75) is 25.9 Å². The molecule has 1 aromatic heterocycles. The Morgan fingerprint density at radius 2 is 2.20 bits per heavy atom. The second-order valence-corrected chi connectivity index (χ2v) is 6.88. The third kappa shape index (κ3) is 4.80. The predicted molar refractivity (Wildman–Crippen MR) is 99.0 cm³/mol. The Morgan fingerprint density at radius 3 is 3.00 bits per heavy atom. The average Bonchev–Trinajstić information content (AvgIpc) is 2.62. The minimum Gasteiger partial charge on any atom is -0.457 e. The first-order chi connectivity index (χ1) is 12.2. The Balaban J connectivity index is 1.71. The standard InChI is InChI=1S/C19H21BrN2O3/c1-2-4-17-13-22(9-10-24-17)19(23)18-12-16(7-8-21-18)25-15-6-3-5-14(20)11-15/h3,5-8,11-12,17H,2,4,9-10,13H2,1H3. The monoisotopic (exact) mass is 404 g/mol. The molecule has 0 bridgehead atoms. The number of ether oxygens (including phenoxy) is 2. The summed E-state index contributed by atoms with van der Waals surface area (Å²) in [6.45, 7) is 3.90. The smallest absolute Gasteiger partial charge is 0.272 e. The maximum absolute atomic E-state index is 12.8. The van der Waals surface area contributed by atoms with Gasteiger partial charge in [0, 0.05) is 29.8 Å². The molecule has 1 fully saturated rings. The highest BCUT2D eigenvalue weighted by molar-refractivity contribution is 9.10. The molecule has 0 spiro atoms. The molecule has 0 N–H and O–H groups in total. The fourth-order valence-electron chi connectivity index (χ4n) is 2.82. The molecule has 5 nitrogen and oxygen atoms in total. The Bertz CT molecular complexity index is 736. The van der Waals surface area contributed by atoms with Crippen LogP contribution in [0, 0.1) is 0 Å². The zero-order chi connectivity index (χ0) is 17.6. The van der Waals surface area contributed by atoms with Gasteiger partial charge in [-0.25, -0.2) is 0 Å². The molecule has 1 aromatic carbocycles. The lowest BCUT2D eigenvalue weighted by atomic mass is 10.1. The molecule has 2 heterocycles. The summed E-state index contributed by atoms with van der Waals surface area (Å²) in [5, 5.41) is 0. The third-order valence-corrected chi connectivity index (χ3v) is 4.51. The molecule has 1 aliphatic rings. The highest BCUT2D eigenvalue weighted by Crippen LogP contribution is 2.25. The van der Waals surface area contributed by atoms with Crippen LogP contribution in [0.3, 0.4) is 0 Å². The maximum Gasteiger partial charge on any atom is 0.272 e. The number of aromatic nitrogens is 1. The quantitative estimate of drug-likeness (QED) is 0.745. The van der Waals surface area contributed by atoms with Gasteiger partial charge < -0.3 is 14.4 Å². The number of amides is 1. The lowest BCUT2D eigenvalue weighted by Gasteiger charge is -2.32. The van der Waals surface area contributed by atoms with E-state index in [1.807, 2.05) is 29.2 Å². The molecule has 1 saturated heterocycles. The van der Waals surface area contributed by atoms with Crippen molar-refractivity contribution in [2.75, 3.05) is 19.7 Å². The van der Waals surface area contributed by atoms with Crippen molar-refractivity contribution in [3.05, 3.63) is 52.8 Å². The highest BCUT2D eigenvalue weighted by atomic mass is 79.9. The molecule has 1 aliphatic heterocycles. The van der Waals surface area contributed by atoms with Crippen LogP contribution in [0.1, 0.15) is 30.3 Å². The van der Waals surface area contributed by atoms with E-state index in [2.05, 4.69) is 27.8 Å². The van der Waals surface area contributed by atoms with Crippen LogP contribution < -0.4 is 4.74 Å². The van der Waals surface area contributed by atoms with Gasteiger partial charge >= 0.3 is 0 Å². The minimum absolute atomic E-state index is 0.0795. The number of morpholine rings is 1. The molecule has 25 heavy (non-hydrogen) atoms. The van der Waals surface area contributed by atoms with Crippen molar-refractivity contribution in [2.24, 2.45) is 0 Å². The summed E-state index contributed by atoms with van der Waals surface area (Å²) in [5.74, 6) is 1.22. The van der Waals surface area contributed by atoms with Crippen LogP contribution >= 0.6 is 15.9 Å². The molecule has 132 valence electrons. The molecule has 6 heteroatoms. The lowest BCUT2D eigenvalue weighted by Crippen LogP contribution is -2.45. The van der Waals surface area contributed by atoms with E-state index in [9.17, 15) is 4.79 Å². The van der Waals surface area contributed by atoms with Crippen molar-refractivity contribution in [1.82, 2.24) is 9.88 Å². The third-order valence-electron chi connectivity index (χ3n) is 4.02. The van der Waals surface area contributed by atoms with Crippen molar-refractivity contribution in [3.8, 4) is 11.5 Å². The van der Waals surface area contributed by atoms with E-state index < -0.39 is 0 Å². The Kier molecular flexibility index (Phi) is 6.04. The summed E-state index contributed by atoms with van der Waals surface area (Å²) < 4.78 is 12.5. The largest absolute Gasteiger partial charge is 0.457 e. The number of carbonyl (C=O) groups excluding carboxylic acids is 1. The zero-order valence-corrected chi connectivity index (χ0v) is 15.7. The summed E-state index contributed by atoms with van der Waals surface area (Å²) in [4.78, 5) is 18.8. The van der Waals surface area contributed by atoms with Crippen LogP contribution in [0.5, 0.6) is 11.5 Å². The Hall–Kier alpha value is -1.92. The van der Waals surface area contributed by atoms with Crippen LogP contribution in [0.15, 0.2) is 47.1 Å². The summed E-state index contributed by atoms with van der Waals surface area (Å²) >= 11 is 3.42. The van der Waals surface area contributed by atoms with Crippen molar-refractivity contribution < 1.29 is 14.3 Å². The van der Waals surface area contributed by atoms with Gasteiger partial charge in [0.05, 0.1) is 12.7 Å². The number of halogens is 1. The van der Waals surface area contributed by atoms with E-state index in [1.54, 1.807) is 18.3 Å². The number of rotatable bonds is 5. The van der Waals surface area contributed by atoms with Crippen LogP contribution in [0.25, 0.3) is 0 Å². The van der Waals surface area contributed by atoms with E-state index in [1.165, 1.54) is 0 Å². The van der Waals surface area contributed by atoms with Gasteiger partial charge in [0.25, 0.3) is 5.91 Å². The summed E-state index contributed by atoms with van der Waals surface area (Å²) in [7, 11) is 0. The van der Waals surface area contributed by atoms with Crippen LogP contribution in [-0.4, -0.2) is 41.6 Å². The molecule has 1 unspecified atom stereocenters. The molecule has 3 rings (SSSR count). The number of hydrogen-bond donors (Lipinski definition) is 0. The van der Waals surface area contributed by atoms with Crippen molar-refractivity contribution in [1.29, 1.82) is 0 Å². The van der Waals surface area contributed by atoms with E-state index in [0.717, 1.165) is 17.3 Å². The fraction of sp³-hybridized carbons (Fsp3) is 0.368. The van der Waals surface area contributed by atoms with Gasteiger partial charge in [-0.3, -0.25) is 9.78 Å². The lowest BCUT2D eigenvalue weighted by molar-refractivity contribution is -0.0252. The molecule has 1 atom stereocenters. The van der Waals surface area contributed by atoms with Gasteiger partial charge in [-0.05, 0) is 30.7 Å². The number of nitrogens with zero attached hydrogens (tertiary/aromatic N) is 2. The fourth-order valence-corrected chi connectivity index (χ4v) is 3.20. The topological polar surface area (TPSA) is 51.7 Å². The zero-order valence-electron chi connectivity index (χ0n) is 14.2. The van der Waals surface area contributed by atoms with Gasteiger partial charge in [0.2, 0.25) is 0 Å². The van der Waals surface area contributed by atoms with Crippen LogP contribution in [0.4, 0.5) is 0 Å². The maximum atomic E-state index is 12.8. The van der Waals surface area contributed by atoms with E-state index >= 15 is 0 Å². The number of hydrogen-bond acceptors (Lipinski definition) is 4. The van der Waals surface area contributed by atoms with Crippen molar-refractivity contribution >= 4 is 21.8 Å². The summed E-state index contributed by atoms with van der Waals surface area (Å²) in [6.07, 6.45) is 3.72. The second-order valence-electron chi connectivity index (χ2n) is 5.97. The van der Waals surface area contributed by atoms with E-state index in [0.29, 0.717) is 36.9 Å². The van der Waals surface area contributed by atoms with Gasteiger partial charge in [0.1, 0.15) is 17.2 Å². The number of pyridine rings is 1. The van der Waals surface area contributed by atoms with Gasteiger partial charge in [-0.2, -0.15) is 0 Å².